The van der Waals surface area contributed by atoms with Crippen molar-refractivity contribution in [1.29, 1.82) is 0 Å². The molecule has 0 spiro atoms. The van der Waals surface area contributed by atoms with Gasteiger partial charge in [-0.1, -0.05) is 0 Å². The fourth-order valence-electron chi connectivity index (χ4n) is 1.33. The van der Waals surface area contributed by atoms with E-state index < -0.39 is 0 Å². The summed E-state index contributed by atoms with van der Waals surface area (Å²) in [5, 5.41) is 6.91. The van der Waals surface area contributed by atoms with E-state index in [-0.39, 0.29) is 11.4 Å². The topological polar surface area (TPSA) is 72.9 Å². The molecular formula is C9H14N4O. The zero-order chi connectivity index (χ0) is 10.3. The van der Waals surface area contributed by atoms with Gasteiger partial charge in [0.2, 0.25) is 0 Å². The van der Waals surface area contributed by atoms with Gasteiger partial charge in [-0.25, -0.2) is 0 Å². The van der Waals surface area contributed by atoms with Crippen molar-refractivity contribution in [2.75, 3.05) is 5.73 Å². The molecule has 0 atom stereocenters. The van der Waals surface area contributed by atoms with E-state index in [4.69, 9.17) is 5.73 Å². The summed E-state index contributed by atoms with van der Waals surface area (Å²) in [6.07, 6.45) is 3.70. The smallest absolute Gasteiger partial charge is 0.274 e. The lowest BCUT2D eigenvalue weighted by Crippen LogP contribution is -2.34. The molecule has 76 valence electrons. The van der Waals surface area contributed by atoms with Crippen molar-refractivity contribution in [3.63, 3.8) is 0 Å². The number of hydrogen-bond acceptors (Lipinski definition) is 3. The van der Waals surface area contributed by atoms with Crippen molar-refractivity contribution in [2.45, 2.75) is 25.3 Å². The van der Waals surface area contributed by atoms with Gasteiger partial charge in [-0.3, -0.25) is 9.48 Å². The van der Waals surface area contributed by atoms with Gasteiger partial charge in [0.15, 0.2) is 5.69 Å². The van der Waals surface area contributed by atoms with Crippen LogP contribution in [0.25, 0.3) is 0 Å². The van der Waals surface area contributed by atoms with Gasteiger partial charge in [0.05, 0.1) is 5.69 Å². The Bertz CT molecular complexity index is 378. The number of rotatable bonds is 2. The van der Waals surface area contributed by atoms with Gasteiger partial charge in [0.25, 0.3) is 5.91 Å². The lowest BCUT2D eigenvalue weighted by molar-refractivity contribution is 0.0930. The Hall–Kier alpha value is -1.52. The third-order valence-electron chi connectivity index (χ3n) is 2.49. The van der Waals surface area contributed by atoms with Crippen LogP contribution in [0.15, 0.2) is 6.20 Å². The van der Waals surface area contributed by atoms with Crippen LogP contribution in [0.1, 0.15) is 30.3 Å². The summed E-state index contributed by atoms with van der Waals surface area (Å²) in [6, 6.07) is 0. The number of nitrogens with zero attached hydrogens (tertiary/aromatic N) is 2. The van der Waals surface area contributed by atoms with Gasteiger partial charge in [-0.15, -0.1) is 0 Å². The Morgan fingerprint density at radius 2 is 2.36 bits per heavy atom. The second kappa shape index (κ2) is 2.73. The third kappa shape index (κ3) is 1.57. The predicted octanol–water partition coefficient (Wildman–Crippen LogP) is 0.285. The molecular weight excluding hydrogens is 180 g/mol. The molecule has 1 fully saturated rings. The van der Waals surface area contributed by atoms with Gasteiger partial charge < -0.3 is 11.1 Å². The molecule has 1 aliphatic carbocycles. The molecule has 1 aromatic rings. The Balaban J connectivity index is 2.14. The Kier molecular flexibility index (Phi) is 1.77. The van der Waals surface area contributed by atoms with E-state index in [0.717, 1.165) is 12.8 Å². The average Bonchev–Trinajstić information content (AvgIpc) is 2.68. The monoisotopic (exact) mass is 194 g/mol. The molecule has 0 radical (unpaired) electrons. The van der Waals surface area contributed by atoms with Gasteiger partial charge in [0.1, 0.15) is 0 Å². The number of carbonyl (C=O) groups excluding carboxylic acids is 1. The highest BCUT2D eigenvalue weighted by molar-refractivity contribution is 5.97. The van der Waals surface area contributed by atoms with E-state index in [0.29, 0.717) is 11.4 Å². The quantitative estimate of drug-likeness (QED) is 0.710. The molecule has 1 aliphatic rings. The summed E-state index contributed by atoms with van der Waals surface area (Å²) >= 11 is 0. The van der Waals surface area contributed by atoms with Crippen LogP contribution in [0.3, 0.4) is 0 Å². The van der Waals surface area contributed by atoms with E-state index in [1.54, 1.807) is 17.9 Å². The van der Waals surface area contributed by atoms with Crippen LogP contribution in [0.2, 0.25) is 0 Å². The minimum absolute atomic E-state index is 0.0267. The third-order valence-corrected chi connectivity index (χ3v) is 2.49. The second-order valence-electron chi connectivity index (χ2n) is 4.12. The molecule has 1 heterocycles. The van der Waals surface area contributed by atoms with Crippen LogP contribution >= 0.6 is 0 Å². The molecule has 1 aromatic heterocycles. The fraction of sp³-hybridized carbons (Fsp3) is 0.556. The Morgan fingerprint density at radius 3 is 2.79 bits per heavy atom. The lowest BCUT2D eigenvalue weighted by Gasteiger charge is -2.09. The van der Waals surface area contributed by atoms with Crippen molar-refractivity contribution in [3.05, 3.63) is 11.9 Å². The van der Waals surface area contributed by atoms with E-state index in [1.807, 2.05) is 6.92 Å². The van der Waals surface area contributed by atoms with Crippen LogP contribution in [-0.4, -0.2) is 21.2 Å². The van der Waals surface area contributed by atoms with Crippen molar-refractivity contribution in [2.24, 2.45) is 7.05 Å². The summed E-state index contributed by atoms with van der Waals surface area (Å²) in [4.78, 5) is 11.7. The van der Waals surface area contributed by atoms with Crippen molar-refractivity contribution >= 4 is 11.6 Å². The normalized spacial score (nSPS) is 17.9. The highest BCUT2D eigenvalue weighted by Crippen LogP contribution is 2.34. The standard InChI is InChI=1S/C9H14N4O/c1-9(3-4-9)11-8(14)7-6(10)5-13(2)12-7/h5H,3-4,10H2,1-2H3,(H,11,14). The summed E-state index contributed by atoms with van der Waals surface area (Å²) in [7, 11) is 1.74. The first-order chi connectivity index (χ1) is 6.50. The number of carbonyl (C=O) groups is 1. The SMILES string of the molecule is Cn1cc(N)c(C(=O)NC2(C)CC2)n1. The first-order valence-electron chi connectivity index (χ1n) is 4.62. The van der Waals surface area contributed by atoms with Crippen molar-refractivity contribution in [3.8, 4) is 0 Å². The van der Waals surface area contributed by atoms with Crippen molar-refractivity contribution < 1.29 is 4.79 Å². The molecule has 5 heteroatoms. The molecule has 0 aliphatic heterocycles. The average molecular weight is 194 g/mol. The zero-order valence-corrected chi connectivity index (χ0v) is 8.37. The number of hydrogen-bond donors (Lipinski definition) is 2. The number of amides is 1. The summed E-state index contributed by atoms with van der Waals surface area (Å²) in [6.45, 7) is 2.02. The largest absolute Gasteiger partial charge is 0.396 e. The van der Waals surface area contributed by atoms with Crippen LogP contribution in [0.5, 0.6) is 0 Å². The maximum absolute atomic E-state index is 11.7. The van der Waals surface area contributed by atoms with Crippen LogP contribution in [-0.2, 0) is 7.05 Å². The maximum atomic E-state index is 11.7. The van der Waals surface area contributed by atoms with Gasteiger partial charge >= 0.3 is 0 Å². The predicted molar refractivity (Wildman–Crippen MR) is 52.7 cm³/mol. The summed E-state index contributed by atoms with van der Waals surface area (Å²) in [5.74, 6) is -0.178. The van der Waals surface area contributed by atoms with Gasteiger partial charge in [-0.05, 0) is 19.8 Å². The minimum Gasteiger partial charge on any atom is -0.396 e. The van der Waals surface area contributed by atoms with Crippen molar-refractivity contribution in [1.82, 2.24) is 15.1 Å². The van der Waals surface area contributed by atoms with Crippen LogP contribution < -0.4 is 11.1 Å². The van der Waals surface area contributed by atoms with E-state index in [1.165, 1.54) is 0 Å². The summed E-state index contributed by atoms with van der Waals surface area (Å²) in [5.41, 5.74) is 6.36. The highest BCUT2D eigenvalue weighted by Gasteiger charge is 2.39. The molecule has 0 saturated heterocycles. The minimum atomic E-state index is -0.178. The molecule has 0 aromatic carbocycles. The van der Waals surface area contributed by atoms with Gasteiger partial charge in [0, 0.05) is 18.8 Å². The van der Waals surface area contributed by atoms with Crippen LogP contribution in [0, 0.1) is 0 Å². The first-order valence-corrected chi connectivity index (χ1v) is 4.62. The summed E-state index contributed by atoms with van der Waals surface area (Å²) < 4.78 is 1.54. The highest BCUT2D eigenvalue weighted by atomic mass is 16.2. The number of aryl methyl sites for hydroxylation is 1. The van der Waals surface area contributed by atoms with Crippen LogP contribution in [0.4, 0.5) is 5.69 Å². The number of nitrogens with one attached hydrogen (secondary N) is 1. The van der Waals surface area contributed by atoms with E-state index in [2.05, 4.69) is 10.4 Å². The molecule has 1 saturated carbocycles. The zero-order valence-electron chi connectivity index (χ0n) is 8.37. The van der Waals surface area contributed by atoms with E-state index >= 15 is 0 Å². The number of aromatic nitrogens is 2. The molecule has 3 N–H and O–H groups in total. The Labute approximate surface area is 82.3 Å². The second-order valence-corrected chi connectivity index (χ2v) is 4.12. The number of nitrogen functional groups attached to an aromatic ring is 1. The molecule has 0 bridgehead atoms. The number of anilines is 1. The molecule has 2 rings (SSSR count). The van der Waals surface area contributed by atoms with E-state index in [9.17, 15) is 4.79 Å². The number of nitrogens with two attached hydrogens (primary N) is 1. The molecule has 5 nitrogen and oxygen atoms in total. The molecule has 14 heavy (non-hydrogen) atoms. The molecule has 1 amide bonds. The van der Waals surface area contributed by atoms with Gasteiger partial charge in [-0.2, -0.15) is 5.10 Å². The fourth-order valence-corrected chi connectivity index (χ4v) is 1.33. The first kappa shape index (κ1) is 9.05. The maximum Gasteiger partial charge on any atom is 0.274 e. The lowest BCUT2D eigenvalue weighted by atomic mass is 10.3. The molecule has 0 unspecified atom stereocenters. The Morgan fingerprint density at radius 1 is 1.71 bits per heavy atom.